The van der Waals surface area contributed by atoms with Crippen LogP contribution in [0.25, 0.3) is 0 Å². The summed E-state index contributed by atoms with van der Waals surface area (Å²) in [6, 6.07) is 3.24. The summed E-state index contributed by atoms with van der Waals surface area (Å²) in [5, 5.41) is 0. The predicted molar refractivity (Wildman–Crippen MR) is 86.1 cm³/mol. The summed E-state index contributed by atoms with van der Waals surface area (Å²) >= 11 is 5.91. The molecule has 0 aliphatic carbocycles. The van der Waals surface area contributed by atoms with Crippen LogP contribution >= 0.6 is 11.8 Å². The van der Waals surface area contributed by atoms with E-state index in [4.69, 9.17) is 11.8 Å². The monoisotopic (exact) mass is 384 g/mol. The molecule has 4 nitrogen and oxygen atoms in total. The number of halogens is 4. The maximum absolute atomic E-state index is 12.9. The van der Waals surface area contributed by atoms with E-state index in [2.05, 4.69) is 0 Å². The van der Waals surface area contributed by atoms with E-state index < -0.39 is 21.8 Å². The van der Waals surface area contributed by atoms with Crippen LogP contribution in [0.3, 0.4) is 0 Å². The van der Waals surface area contributed by atoms with E-state index in [9.17, 15) is 21.6 Å². The third-order valence-electron chi connectivity index (χ3n) is 4.02. The Hall–Kier alpha value is -0.830. The molecule has 9 heteroatoms. The van der Waals surface area contributed by atoms with Gasteiger partial charge in [0.15, 0.2) is 0 Å². The van der Waals surface area contributed by atoms with Crippen LogP contribution in [0.5, 0.6) is 0 Å². The van der Waals surface area contributed by atoms with E-state index in [1.54, 1.807) is 18.3 Å². The second-order valence-corrected chi connectivity index (χ2v) is 8.42. The van der Waals surface area contributed by atoms with E-state index in [1.807, 2.05) is 0 Å². The molecular formula is C15H20ClF3N2O2S. The van der Waals surface area contributed by atoms with Gasteiger partial charge in [-0.3, -0.25) is 0 Å². The Morgan fingerprint density at radius 2 is 1.83 bits per heavy atom. The SMILES string of the molecule is CC(C)N(C1CCN(Cl)CC1)S(=O)(=O)c1cccc(C(F)(F)F)c1. The lowest BCUT2D eigenvalue weighted by Crippen LogP contribution is -2.48. The molecule has 0 saturated carbocycles. The van der Waals surface area contributed by atoms with Gasteiger partial charge in [-0.25, -0.2) is 12.8 Å². The number of rotatable bonds is 4. The standard InChI is InChI=1S/C15H20ClF3N2O2S/c1-11(2)21(13-6-8-20(16)9-7-13)24(22,23)14-5-3-4-12(10-14)15(17,18)19/h3-5,10-11,13H,6-9H2,1-2H3. The molecule has 24 heavy (non-hydrogen) atoms. The Kier molecular flexibility index (Phi) is 5.84. The first-order valence-electron chi connectivity index (χ1n) is 7.65. The lowest BCUT2D eigenvalue weighted by atomic mass is 10.1. The molecule has 1 fully saturated rings. The summed E-state index contributed by atoms with van der Waals surface area (Å²) in [5.41, 5.74) is -0.970. The average Bonchev–Trinajstić information content (AvgIpc) is 2.48. The van der Waals surface area contributed by atoms with Gasteiger partial charge in [-0.1, -0.05) is 6.07 Å². The van der Waals surface area contributed by atoms with Crippen LogP contribution in [-0.2, 0) is 16.2 Å². The smallest absolute Gasteiger partial charge is 0.220 e. The Morgan fingerprint density at radius 3 is 2.33 bits per heavy atom. The van der Waals surface area contributed by atoms with Crippen molar-refractivity contribution in [2.24, 2.45) is 0 Å². The fourth-order valence-electron chi connectivity index (χ4n) is 2.94. The first-order chi connectivity index (χ1) is 11.0. The van der Waals surface area contributed by atoms with Gasteiger partial charge < -0.3 is 0 Å². The highest BCUT2D eigenvalue weighted by atomic mass is 35.5. The minimum atomic E-state index is -4.59. The van der Waals surface area contributed by atoms with Crippen LogP contribution in [0.1, 0.15) is 32.3 Å². The van der Waals surface area contributed by atoms with Crippen molar-refractivity contribution in [3.05, 3.63) is 29.8 Å². The molecule has 0 amide bonds. The fraction of sp³-hybridized carbons (Fsp3) is 0.600. The molecule has 0 aromatic heterocycles. The zero-order valence-corrected chi connectivity index (χ0v) is 15.0. The highest BCUT2D eigenvalue weighted by molar-refractivity contribution is 7.89. The number of sulfonamides is 1. The van der Waals surface area contributed by atoms with Gasteiger partial charge in [-0.15, -0.1) is 0 Å². The fourth-order valence-corrected chi connectivity index (χ4v) is 5.06. The van der Waals surface area contributed by atoms with Crippen molar-refractivity contribution >= 4 is 21.8 Å². The lowest BCUT2D eigenvalue weighted by molar-refractivity contribution is -0.137. The topological polar surface area (TPSA) is 40.6 Å². The predicted octanol–water partition coefficient (Wildman–Crippen LogP) is 3.72. The van der Waals surface area contributed by atoms with Crippen molar-refractivity contribution in [1.82, 2.24) is 8.72 Å². The highest BCUT2D eigenvalue weighted by Crippen LogP contribution is 2.33. The van der Waals surface area contributed by atoms with Gasteiger partial charge in [0.1, 0.15) is 0 Å². The lowest BCUT2D eigenvalue weighted by Gasteiger charge is -2.37. The third-order valence-corrected chi connectivity index (χ3v) is 6.48. The van der Waals surface area contributed by atoms with Gasteiger partial charge in [0.05, 0.1) is 10.5 Å². The average molecular weight is 385 g/mol. The molecule has 1 heterocycles. The van der Waals surface area contributed by atoms with Crippen LogP contribution in [-0.4, -0.2) is 42.3 Å². The maximum atomic E-state index is 12.9. The van der Waals surface area contributed by atoms with Gasteiger partial charge in [0.25, 0.3) is 0 Å². The number of hydrogen-bond acceptors (Lipinski definition) is 3. The van der Waals surface area contributed by atoms with Gasteiger partial charge in [-0.05, 0) is 56.7 Å². The van der Waals surface area contributed by atoms with Gasteiger partial charge in [0.2, 0.25) is 10.0 Å². The molecular weight excluding hydrogens is 365 g/mol. The highest BCUT2D eigenvalue weighted by Gasteiger charge is 2.37. The van der Waals surface area contributed by atoms with E-state index in [-0.39, 0.29) is 17.0 Å². The number of hydrogen-bond donors (Lipinski definition) is 0. The molecule has 2 rings (SSSR count). The van der Waals surface area contributed by atoms with Crippen molar-refractivity contribution in [2.75, 3.05) is 13.1 Å². The third kappa shape index (κ3) is 4.22. The van der Waals surface area contributed by atoms with E-state index in [0.29, 0.717) is 32.0 Å². The molecule has 0 atom stereocenters. The van der Waals surface area contributed by atoms with Crippen molar-refractivity contribution in [1.29, 1.82) is 0 Å². The Balaban J connectivity index is 2.39. The second kappa shape index (κ2) is 7.19. The van der Waals surface area contributed by atoms with Gasteiger partial charge >= 0.3 is 6.18 Å². The molecule has 1 aliphatic heterocycles. The van der Waals surface area contributed by atoms with Crippen molar-refractivity contribution in [3.63, 3.8) is 0 Å². The summed E-state index contributed by atoms with van der Waals surface area (Å²) in [5.74, 6) is 0. The zero-order valence-electron chi connectivity index (χ0n) is 13.4. The van der Waals surface area contributed by atoms with Crippen molar-refractivity contribution in [2.45, 2.75) is 49.8 Å². The van der Waals surface area contributed by atoms with Gasteiger partial charge in [0, 0.05) is 25.2 Å². The molecule has 0 bridgehead atoms. The van der Waals surface area contributed by atoms with E-state index in [1.165, 1.54) is 10.4 Å². The van der Waals surface area contributed by atoms with Crippen molar-refractivity contribution in [3.8, 4) is 0 Å². The zero-order chi connectivity index (χ0) is 18.1. The van der Waals surface area contributed by atoms with Crippen LogP contribution in [0.2, 0.25) is 0 Å². The maximum Gasteiger partial charge on any atom is 0.416 e. The van der Waals surface area contributed by atoms with Crippen LogP contribution in [0, 0.1) is 0 Å². The number of alkyl halides is 3. The molecule has 1 saturated heterocycles. The summed E-state index contributed by atoms with van der Waals surface area (Å²) in [7, 11) is -4.03. The van der Waals surface area contributed by atoms with E-state index >= 15 is 0 Å². The first-order valence-corrected chi connectivity index (χ1v) is 9.43. The molecule has 0 N–H and O–H groups in total. The first kappa shape index (κ1) is 19.5. The number of piperidine rings is 1. The molecule has 1 aliphatic rings. The second-order valence-electron chi connectivity index (χ2n) is 6.10. The molecule has 0 radical (unpaired) electrons. The van der Waals surface area contributed by atoms with Crippen LogP contribution < -0.4 is 0 Å². The van der Waals surface area contributed by atoms with Crippen molar-refractivity contribution < 1.29 is 21.6 Å². The van der Waals surface area contributed by atoms with Crippen LogP contribution in [0.15, 0.2) is 29.2 Å². The molecule has 136 valence electrons. The molecule has 1 aromatic carbocycles. The normalized spacial score (nSPS) is 18.5. The summed E-state index contributed by atoms with van der Waals surface area (Å²) in [4.78, 5) is -0.334. The van der Waals surface area contributed by atoms with Crippen LogP contribution in [0.4, 0.5) is 13.2 Å². The quantitative estimate of drug-likeness (QED) is 0.743. The summed E-state index contributed by atoms with van der Waals surface area (Å²) in [6.45, 7) is 4.51. The Labute approximate surface area is 145 Å². The Morgan fingerprint density at radius 1 is 1.25 bits per heavy atom. The number of nitrogens with zero attached hydrogens (tertiary/aromatic N) is 2. The molecule has 0 unspecified atom stereocenters. The largest absolute Gasteiger partial charge is 0.416 e. The van der Waals surface area contributed by atoms with Gasteiger partial charge in [-0.2, -0.15) is 17.5 Å². The summed E-state index contributed by atoms with van der Waals surface area (Å²) in [6.07, 6.45) is -3.50. The summed E-state index contributed by atoms with van der Waals surface area (Å²) < 4.78 is 67.4. The minimum Gasteiger partial charge on any atom is -0.220 e. The number of benzene rings is 1. The Bertz CT molecular complexity index is 672. The molecule has 0 spiro atoms. The molecule has 1 aromatic rings. The van der Waals surface area contributed by atoms with E-state index in [0.717, 1.165) is 12.1 Å². The minimum absolute atomic E-state index is 0.278.